The number of carbonyl (C=O) groups is 1. The molecule has 150 valence electrons. The van der Waals surface area contributed by atoms with Gasteiger partial charge in [0.2, 0.25) is 5.91 Å². The summed E-state index contributed by atoms with van der Waals surface area (Å²) in [5.74, 6) is 0.906. The lowest BCUT2D eigenvalue weighted by Gasteiger charge is -2.41. The zero-order valence-electron chi connectivity index (χ0n) is 17.5. The molecule has 29 heavy (non-hydrogen) atoms. The second kappa shape index (κ2) is 7.03. The first-order chi connectivity index (χ1) is 14.0. The van der Waals surface area contributed by atoms with E-state index in [4.69, 9.17) is 4.74 Å². The third kappa shape index (κ3) is 3.06. The van der Waals surface area contributed by atoms with Crippen LogP contribution in [0.25, 0.3) is 21.5 Å². The van der Waals surface area contributed by atoms with Crippen LogP contribution in [0.4, 0.5) is 5.69 Å². The van der Waals surface area contributed by atoms with E-state index in [2.05, 4.69) is 41.4 Å². The Hall–Kier alpha value is -2.59. The van der Waals surface area contributed by atoms with E-state index in [0.717, 1.165) is 30.0 Å². The second-order valence-electron chi connectivity index (χ2n) is 8.59. The zero-order chi connectivity index (χ0) is 20.1. The lowest BCUT2D eigenvalue weighted by molar-refractivity contribution is -0.114. The van der Waals surface area contributed by atoms with Gasteiger partial charge in [-0.25, -0.2) is 0 Å². The molecule has 5 rings (SSSR count). The van der Waals surface area contributed by atoms with Crippen molar-refractivity contribution < 1.29 is 9.53 Å². The Bertz CT molecular complexity index is 1140. The first-order valence-corrected chi connectivity index (χ1v) is 10.6. The molecule has 0 aromatic heterocycles. The molecule has 0 saturated carbocycles. The first kappa shape index (κ1) is 18.4. The number of rotatable bonds is 2. The average molecular weight is 389 g/mol. The number of methoxy groups -OCH3 is 1. The number of ether oxygens (including phenoxy) is 1. The highest BCUT2D eigenvalue weighted by Gasteiger charge is 2.31. The molecule has 1 unspecified atom stereocenters. The van der Waals surface area contributed by atoms with Crippen LogP contribution < -0.4 is 10.1 Å². The van der Waals surface area contributed by atoms with Crippen LogP contribution in [-0.2, 0) is 17.8 Å². The molecular formula is C25H28N2O2. The number of nitrogens with zero attached hydrogens (tertiary/aromatic N) is 1. The Morgan fingerprint density at radius 2 is 1.90 bits per heavy atom. The Morgan fingerprint density at radius 1 is 1.07 bits per heavy atom. The van der Waals surface area contributed by atoms with Gasteiger partial charge < -0.3 is 10.1 Å². The fourth-order valence-corrected chi connectivity index (χ4v) is 5.37. The maximum atomic E-state index is 11.6. The van der Waals surface area contributed by atoms with E-state index < -0.39 is 0 Å². The summed E-state index contributed by atoms with van der Waals surface area (Å²) in [6, 6.07) is 11.5. The van der Waals surface area contributed by atoms with E-state index >= 15 is 0 Å². The minimum atomic E-state index is -0.0411. The number of carbonyl (C=O) groups excluding carboxylic acids is 1. The summed E-state index contributed by atoms with van der Waals surface area (Å²) < 4.78 is 5.67. The summed E-state index contributed by atoms with van der Waals surface area (Å²) in [7, 11) is 1.75. The van der Waals surface area contributed by atoms with E-state index in [9.17, 15) is 4.79 Å². The van der Waals surface area contributed by atoms with Gasteiger partial charge in [-0.15, -0.1) is 0 Å². The van der Waals surface area contributed by atoms with Crippen molar-refractivity contribution in [1.82, 2.24) is 4.90 Å². The lowest BCUT2D eigenvalue weighted by atomic mass is 9.82. The summed E-state index contributed by atoms with van der Waals surface area (Å²) in [5, 5.41) is 8.04. The molecule has 0 radical (unpaired) electrons. The van der Waals surface area contributed by atoms with E-state index in [1.165, 1.54) is 58.5 Å². The molecule has 1 saturated heterocycles. The Labute approximate surface area is 171 Å². The molecule has 2 aliphatic heterocycles. The number of hydrogen-bond acceptors (Lipinski definition) is 3. The largest absolute Gasteiger partial charge is 0.496 e. The highest BCUT2D eigenvalue weighted by molar-refractivity contribution is 6.13. The minimum absolute atomic E-state index is 0.0411. The molecular weight excluding hydrogens is 360 g/mol. The smallest absolute Gasteiger partial charge is 0.221 e. The van der Waals surface area contributed by atoms with Crippen LogP contribution in [0.15, 0.2) is 30.3 Å². The average Bonchev–Trinajstić information content (AvgIpc) is 2.72. The summed E-state index contributed by atoms with van der Waals surface area (Å²) in [4.78, 5) is 14.3. The molecule has 1 N–H and O–H groups in total. The number of fused-ring (bicyclic) bond motifs is 7. The van der Waals surface area contributed by atoms with Crippen molar-refractivity contribution in [3.05, 3.63) is 47.0 Å². The van der Waals surface area contributed by atoms with Gasteiger partial charge in [-0.1, -0.05) is 12.5 Å². The van der Waals surface area contributed by atoms with Crippen LogP contribution >= 0.6 is 0 Å². The van der Waals surface area contributed by atoms with Gasteiger partial charge in [0.1, 0.15) is 5.75 Å². The van der Waals surface area contributed by atoms with Gasteiger partial charge in [-0.2, -0.15) is 0 Å². The number of aryl methyl sites for hydroxylation is 1. The normalized spacial score (nSPS) is 19.1. The quantitative estimate of drug-likeness (QED) is 0.615. The van der Waals surface area contributed by atoms with Gasteiger partial charge >= 0.3 is 0 Å². The van der Waals surface area contributed by atoms with Gasteiger partial charge in [0.05, 0.1) is 7.11 Å². The number of nitrogens with one attached hydrogen (secondary N) is 1. The van der Waals surface area contributed by atoms with Crippen molar-refractivity contribution >= 4 is 33.1 Å². The number of hydrogen-bond donors (Lipinski definition) is 1. The number of anilines is 1. The molecule has 3 aromatic rings. The van der Waals surface area contributed by atoms with Gasteiger partial charge in [0.25, 0.3) is 0 Å². The first-order valence-electron chi connectivity index (χ1n) is 10.6. The second-order valence-corrected chi connectivity index (χ2v) is 8.59. The molecule has 3 aromatic carbocycles. The summed E-state index contributed by atoms with van der Waals surface area (Å²) in [6.07, 6.45) is 5.05. The Balaban J connectivity index is 1.81. The standard InChI is InChI=1S/C25H28N2O2/c1-15-10-20-21-11-17(26-16(2)28)7-8-19(21)24-14-27-9-5-4-6-18(27)12-22(24)23(20)13-25(15)29-3/h7-8,10-11,13,18H,4-6,9,12,14H2,1-3H3,(H,26,28). The number of benzene rings is 3. The molecule has 1 atom stereocenters. The van der Waals surface area contributed by atoms with Crippen LogP contribution in [-0.4, -0.2) is 30.5 Å². The fraction of sp³-hybridized carbons (Fsp3) is 0.400. The Morgan fingerprint density at radius 3 is 2.69 bits per heavy atom. The molecule has 2 aliphatic rings. The van der Waals surface area contributed by atoms with E-state index in [0.29, 0.717) is 6.04 Å². The fourth-order valence-electron chi connectivity index (χ4n) is 5.37. The summed E-state index contributed by atoms with van der Waals surface area (Å²) >= 11 is 0. The highest BCUT2D eigenvalue weighted by atomic mass is 16.5. The van der Waals surface area contributed by atoms with Crippen LogP contribution in [0.5, 0.6) is 5.75 Å². The number of amides is 1. The molecule has 4 heteroatoms. The highest BCUT2D eigenvalue weighted by Crippen LogP contribution is 2.42. The van der Waals surface area contributed by atoms with Crippen molar-refractivity contribution in [3.63, 3.8) is 0 Å². The molecule has 1 amide bonds. The third-order valence-corrected chi connectivity index (χ3v) is 6.73. The van der Waals surface area contributed by atoms with Crippen LogP contribution in [0.1, 0.15) is 42.9 Å². The van der Waals surface area contributed by atoms with Gasteiger partial charge in [-0.3, -0.25) is 9.69 Å². The third-order valence-electron chi connectivity index (χ3n) is 6.73. The van der Waals surface area contributed by atoms with Crippen LogP contribution in [0.2, 0.25) is 0 Å². The van der Waals surface area contributed by atoms with E-state index in [-0.39, 0.29) is 5.91 Å². The molecule has 0 bridgehead atoms. The predicted molar refractivity (Wildman–Crippen MR) is 119 cm³/mol. The molecule has 4 nitrogen and oxygen atoms in total. The van der Waals surface area contributed by atoms with Crippen molar-refractivity contribution in [1.29, 1.82) is 0 Å². The SMILES string of the molecule is COc1cc2c3c(c4ccc(NC(C)=O)cc4c2cc1C)CN1CCCCC1C3. The number of piperidine rings is 1. The van der Waals surface area contributed by atoms with Crippen molar-refractivity contribution in [3.8, 4) is 5.75 Å². The van der Waals surface area contributed by atoms with Gasteiger partial charge in [-0.05, 0) is 95.2 Å². The van der Waals surface area contributed by atoms with Crippen LogP contribution in [0.3, 0.4) is 0 Å². The zero-order valence-corrected chi connectivity index (χ0v) is 17.5. The van der Waals surface area contributed by atoms with Gasteiger partial charge in [0, 0.05) is 25.2 Å². The molecule has 0 spiro atoms. The minimum Gasteiger partial charge on any atom is -0.496 e. The molecule has 1 fully saturated rings. The van der Waals surface area contributed by atoms with Crippen molar-refractivity contribution in [2.24, 2.45) is 0 Å². The van der Waals surface area contributed by atoms with E-state index in [1.807, 2.05) is 6.07 Å². The van der Waals surface area contributed by atoms with Crippen molar-refractivity contribution in [2.45, 2.75) is 52.1 Å². The van der Waals surface area contributed by atoms with Gasteiger partial charge in [0.15, 0.2) is 0 Å². The maximum Gasteiger partial charge on any atom is 0.221 e. The lowest BCUT2D eigenvalue weighted by Crippen LogP contribution is -2.43. The van der Waals surface area contributed by atoms with E-state index in [1.54, 1.807) is 14.0 Å². The summed E-state index contributed by atoms with van der Waals surface area (Å²) in [5.41, 5.74) is 4.93. The van der Waals surface area contributed by atoms with Crippen molar-refractivity contribution in [2.75, 3.05) is 19.0 Å². The Kier molecular flexibility index (Phi) is 4.47. The summed E-state index contributed by atoms with van der Waals surface area (Å²) in [6.45, 7) is 5.87. The van der Waals surface area contributed by atoms with Crippen LogP contribution in [0, 0.1) is 6.92 Å². The molecule has 2 heterocycles. The topological polar surface area (TPSA) is 41.6 Å². The maximum absolute atomic E-state index is 11.6. The molecule has 0 aliphatic carbocycles. The monoisotopic (exact) mass is 388 g/mol. The predicted octanol–water partition coefficient (Wildman–Crippen LogP) is 5.18.